The van der Waals surface area contributed by atoms with Gasteiger partial charge in [0.2, 0.25) is 91.7 Å². The van der Waals surface area contributed by atoms with Gasteiger partial charge in [0.1, 0.15) is 114 Å². The first-order chi connectivity index (χ1) is 73.3. The van der Waals surface area contributed by atoms with Crippen LogP contribution < -0.4 is 78.9 Å². The predicted molar refractivity (Wildman–Crippen MR) is 542 cm³/mol. The van der Waals surface area contributed by atoms with E-state index in [1.54, 1.807) is 6.07 Å². The summed E-state index contributed by atoms with van der Waals surface area (Å²) in [6.07, 6.45) is 7.68. The van der Waals surface area contributed by atoms with Crippen molar-refractivity contribution in [1.82, 2.24) is 61.4 Å². The molecule has 0 saturated carbocycles. The average molecular weight is 2280 g/mol. The number of halogens is 10. The highest BCUT2D eigenvalue weighted by Gasteiger charge is 2.49. The van der Waals surface area contributed by atoms with Gasteiger partial charge in [0, 0.05) is 86.3 Å². The zero-order chi connectivity index (χ0) is 119. The lowest BCUT2D eigenvalue weighted by atomic mass is 9.93. The Morgan fingerprint density at radius 3 is 0.920 bits per heavy atom. The largest absolute Gasteiger partial charge is 0.495 e. The summed E-state index contributed by atoms with van der Waals surface area (Å²) in [6.45, 7) is 6.91. The third-order valence-electron chi connectivity index (χ3n) is 22.4. The number of pyridine rings is 4. The van der Waals surface area contributed by atoms with Gasteiger partial charge in [0.15, 0.2) is 11.5 Å². The van der Waals surface area contributed by atoms with Crippen molar-refractivity contribution >= 4 is 184 Å². The number of nitrogens with zero attached hydrogens (tertiary/aromatic N) is 18. The van der Waals surface area contributed by atoms with Crippen molar-refractivity contribution in [1.29, 1.82) is 0 Å². The minimum absolute atomic E-state index is 0.0202. The molecule has 63 heteroatoms. The molecule has 150 heavy (non-hydrogen) atoms. The molecule has 4 aromatic carbocycles. The molecule has 0 aliphatic carbocycles. The quantitative estimate of drug-likeness (QED) is 0.0333. The van der Waals surface area contributed by atoms with Gasteiger partial charge in [0.25, 0.3) is 29.5 Å². The minimum Gasteiger partial charge on any atom is -0.495 e. The number of carbonyl (C=O) groups is 5. The lowest BCUT2D eigenvalue weighted by Crippen LogP contribution is -2.50. The van der Waals surface area contributed by atoms with E-state index in [1.165, 1.54) is 157 Å². The standard InChI is InChI=1S/2C18H19ClFN5O4S.2C17H18ClFN6O4S.C17H18F2N6O4S/c2*1-18(9-30(27,28)25(2)17(21)24-18)12-6-10(7-13(19)15(12)20)23-16(26)14-5-4-11(29-3)8-22-14;2*1-17(8-30(27,28)25(2)16(20)24-17)10-4-9(5-11(18)14(10)19)23-15(26)12-6-22-13(29-3)7-21-12;1-17(8-30(27,28)25(2)16(20)24-17)14-10(18)4-5-12(22-14)23-15(26)13-11(19)6-9(29-3)7-21-13/h2*4-8H,9H2,1-3H3,(H2,21,24)(H,23,26);2*4-7H,8H2,1-3H3,(H2,20,24)(H,23,26);4-7H,8H2,1-3H3,(H2,20,24)(H,22,23,26)/t2*18-;3*17-/m00000/s1/i3D3;;3D3;;3D3. The van der Waals surface area contributed by atoms with Gasteiger partial charge in [-0.2, -0.15) is 0 Å². The first-order valence-corrected chi connectivity index (χ1v) is 51.5. The number of carbonyl (C=O) groups excluding carboxylic acids is 5. The number of aliphatic imine (C=N–C) groups is 5. The van der Waals surface area contributed by atoms with Gasteiger partial charge >= 0.3 is 0 Å². The van der Waals surface area contributed by atoms with Crippen LogP contribution in [0.15, 0.2) is 159 Å². The monoisotopic (exact) mass is 2270 g/mol. The number of methoxy groups -OCH3 is 5. The maximum atomic E-state index is 14.9. The van der Waals surface area contributed by atoms with Crippen LogP contribution in [-0.4, -0.2) is 262 Å². The van der Waals surface area contributed by atoms with Gasteiger partial charge in [-0.3, -0.25) is 24.0 Å². The molecule has 10 aromatic rings. The van der Waals surface area contributed by atoms with E-state index in [-0.39, 0.29) is 141 Å². The van der Waals surface area contributed by atoms with Crippen LogP contribution in [0.2, 0.25) is 20.1 Å². The van der Waals surface area contributed by atoms with Gasteiger partial charge in [-0.15, -0.1) is 0 Å². The number of guanidine groups is 5. The second-order valence-electron chi connectivity index (χ2n) is 33.4. The van der Waals surface area contributed by atoms with Crippen LogP contribution in [0.5, 0.6) is 29.0 Å². The van der Waals surface area contributed by atoms with Crippen LogP contribution in [0.4, 0.5) is 54.9 Å². The molecule has 0 unspecified atom stereocenters. The van der Waals surface area contributed by atoms with Crippen LogP contribution >= 0.6 is 46.4 Å². The molecular weight excluding hydrogens is 2170 g/mol. The summed E-state index contributed by atoms with van der Waals surface area (Å²) < 4.78 is 303. The molecule has 5 amide bonds. The van der Waals surface area contributed by atoms with E-state index in [2.05, 4.69) is 106 Å². The van der Waals surface area contributed by atoms with Crippen LogP contribution in [0.25, 0.3) is 0 Å². The molecule has 0 bridgehead atoms. The van der Waals surface area contributed by atoms with Crippen LogP contribution in [0.1, 0.15) is 127 Å². The number of nitrogens with one attached hydrogen (secondary N) is 5. The van der Waals surface area contributed by atoms with Crippen LogP contribution in [-0.2, 0) is 77.8 Å². The average Bonchev–Trinajstić information content (AvgIpc) is 0.790. The van der Waals surface area contributed by atoms with Crippen LogP contribution in [0.3, 0.4) is 0 Å². The van der Waals surface area contributed by atoms with Gasteiger partial charge in [-0.25, -0.2) is 155 Å². The van der Waals surface area contributed by atoms with E-state index in [1.807, 2.05) is 0 Å². The van der Waals surface area contributed by atoms with Crippen molar-refractivity contribution in [2.45, 2.75) is 62.3 Å². The molecule has 11 heterocycles. The van der Waals surface area contributed by atoms with Crippen molar-refractivity contribution in [3.05, 3.63) is 246 Å². The predicted octanol–water partition coefficient (Wildman–Crippen LogP) is 7.37. The summed E-state index contributed by atoms with van der Waals surface area (Å²) in [6, 6.07) is 17.8. The Bertz CT molecular complexity index is 7840. The molecule has 0 radical (unpaired) electrons. The molecule has 0 saturated heterocycles. The van der Waals surface area contributed by atoms with E-state index in [0.717, 1.165) is 70.6 Å². The molecular formula is C87H92Cl4F6N28O20S5. The zero-order valence-corrected chi connectivity index (χ0v) is 86.8. The number of hydrogen-bond donors (Lipinski definition) is 10. The topological polar surface area (TPSA) is 674 Å². The smallest absolute Gasteiger partial charge is 0.278 e. The SMILES string of the molecule is COc1ccc(C(=O)Nc2cc(Cl)c(F)c([C@]3(C)CS(=O)(=O)N(C)C(N)=N3)c2)nc1.COc1cnc(C(=O)Nc2cc(Cl)c(F)c([C@]3(C)CS(=O)(=O)N(C)C(N)=N3)c2)cn1.[2H]C([2H])([2H])Oc1ccc(C(=O)Nc2cc(Cl)c(F)c([C@]3(C)CS(=O)(=O)N(C)C(N)=N3)c2)nc1.[2H]C([2H])([2H])Oc1cnc(C(=O)Nc2cc(Cl)c(F)c([C@]3(C)CS(=O)(=O)N(C)C(N)=N3)c2)cn1.[2H]C([2H])([2H])Oc1cnc(C(=O)Nc2ccc(F)c([C@]3(C)CS(=O)(=O)N(C)C(N)=N3)n2)c(F)c1. The first kappa shape index (κ1) is 102. The second-order valence-corrected chi connectivity index (χ2v) is 45.0. The molecule has 800 valence electrons. The van der Waals surface area contributed by atoms with Gasteiger partial charge in [0.05, 0.1) is 134 Å². The summed E-state index contributed by atoms with van der Waals surface area (Å²) in [7, 11) is -18.5. The Labute approximate surface area is 885 Å². The maximum absolute atomic E-state index is 14.9. The molecule has 48 nitrogen and oxygen atoms in total. The lowest BCUT2D eigenvalue weighted by Gasteiger charge is -2.34. The summed E-state index contributed by atoms with van der Waals surface area (Å²) in [5, 5.41) is 10.9. The Morgan fingerprint density at radius 2 is 0.633 bits per heavy atom. The summed E-state index contributed by atoms with van der Waals surface area (Å²) in [5.41, 5.74) is 18.9. The second kappa shape index (κ2) is 44.7. The number of ether oxygens (including phenoxy) is 5. The van der Waals surface area contributed by atoms with E-state index in [0.29, 0.717) is 11.8 Å². The summed E-state index contributed by atoms with van der Waals surface area (Å²) in [5.74, 6) is -14.2. The van der Waals surface area contributed by atoms with Gasteiger partial charge in [-0.1, -0.05) is 46.4 Å². The molecule has 15 N–H and O–H groups in total. The van der Waals surface area contributed by atoms with Crippen molar-refractivity contribution < 1.29 is 128 Å². The van der Waals surface area contributed by atoms with Crippen molar-refractivity contribution in [3.63, 3.8) is 0 Å². The van der Waals surface area contributed by atoms with E-state index < -0.39 is 209 Å². The number of sulfonamides is 5. The molecule has 0 spiro atoms. The number of rotatable bonds is 20. The maximum Gasteiger partial charge on any atom is 0.278 e. The third kappa shape index (κ3) is 25.7. The van der Waals surface area contributed by atoms with Crippen molar-refractivity contribution in [2.75, 3.05) is 126 Å². The first-order valence-electron chi connectivity index (χ1n) is 46.5. The number of aromatic nitrogens is 8. The van der Waals surface area contributed by atoms with Crippen molar-refractivity contribution in [2.24, 2.45) is 53.6 Å². The van der Waals surface area contributed by atoms with Crippen LogP contribution in [0, 0.1) is 34.9 Å². The highest BCUT2D eigenvalue weighted by Crippen LogP contribution is 2.44. The molecule has 6 aromatic heterocycles. The van der Waals surface area contributed by atoms with E-state index in [9.17, 15) is 92.4 Å². The number of anilines is 5. The van der Waals surface area contributed by atoms with Gasteiger partial charge < -0.3 is 78.9 Å². The number of benzene rings is 4. The third-order valence-corrected chi connectivity index (χ3v) is 33.2. The Balaban J connectivity index is 0.000000187. The highest BCUT2D eigenvalue weighted by molar-refractivity contribution is 7.91. The number of nitrogens with two attached hydrogens (primary N) is 5. The highest BCUT2D eigenvalue weighted by atomic mass is 35.5. The molecule has 5 aliphatic rings. The molecule has 0 fully saturated rings. The molecule has 5 atom stereocenters. The summed E-state index contributed by atoms with van der Waals surface area (Å²) >= 11 is 24.0. The fourth-order valence-corrected chi connectivity index (χ4v) is 22.5. The Hall–Kier alpha value is -15.2. The molecule has 15 rings (SSSR count). The molecule has 5 aliphatic heterocycles. The minimum atomic E-state index is -3.91. The number of hydrogen-bond acceptors (Lipinski definition) is 38. The lowest BCUT2D eigenvalue weighted by molar-refractivity contribution is 0.101. The number of amides is 5. The summed E-state index contributed by atoms with van der Waals surface area (Å²) in [4.78, 5) is 114. The Kier molecular flexibility index (Phi) is 30.4. The fraction of sp³-hybridized carbons (Fsp3) is 0.287. The van der Waals surface area contributed by atoms with Gasteiger partial charge in [-0.05, 0) is 120 Å². The Morgan fingerprint density at radius 1 is 0.340 bits per heavy atom. The van der Waals surface area contributed by atoms with E-state index >= 15 is 0 Å². The fourth-order valence-electron chi connectivity index (χ4n) is 14.4. The van der Waals surface area contributed by atoms with E-state index in [4.69, 9.17) is 96.9 Å². The normalized spacial score (nSPS) is 21.6. The zero-order valence-electron chi connectivity index (χ0n) is 88.7. The van der Waals surface area contributed by atoms with Crippen molar-refractivity contribution in [3.8, 4) is 29.0 Å².